The van der Waals surface area contributed by atoms with Crippen LogP contribution in [0.5, 0.6) is 5.75 Å². The molecule has 0 saturated heterocycles. The van der Waals surface area contributed by atoms with E-state index in [9.17, 15) is 9.59 Å². The summed E-state index contributed by atoms with van der Waals surface area (Å²) in [7, 11) is 0. The third-order valence-electron chi connectivity index (χ3n) is 4.19. The SMILES string of the molecule is CCCCCCCOC(=O)c1ccccc1C(=O)Oc1ccc(Cl)c(C)c1. The summed E-state index contributed by atoms with van der Waals surface area (Å²) in [6.45, 7) is 4.33. The lowest BCUT2D eigenvalue weighted by Gasteiger charge is -2.10. The fourth-order valence-electron chi connectivity index (χ4n) is 2.63. The summed E-state index contributed by atoms with van der Waals surface area (Å²) in [5.41, 5.74) is 1.19. The van der Waals surface area contributed by atoms with Crippen molar-refractivity contribution in [2.24, 2.45) is 0 Å². The van der Waals surface area contributed by atoms with Gasteiger partial charge in [-0.1, -0.05) is 56.3 Å². The third-order valence-corrected chi connectivity index (χ3v) is 4.61. The summed E-state index contributed by atoms with van der Waals surface area (Å²) >= 11 is 5.99. The molecule has 4 nitrogen and oxygen atoms in total. The van der Waals surface area contributed by atoms with E-state index in [1.54, 1.807) is 42.5 Å². The van der Waals surface area contributed by atoms with E-state index in [-0.39, 0.29) is 11.1 Å². The number of rotatable bonds is 9. The third kappa shape index (κ3) is 6.40. The summed E-state index contributed by atoms with van der Waals surface area (Å²) in [6, 6.07) is 11.5. The van der Waals surface area contributed by atoms with E-state index >= 15 is 0 Å². The van der Waals surface area contributed by atoms with Gasteiger partial charge >= 0.3 is 11.9 Å². The molecular weight excluding hydrogens is 364 g/mol. The minimum Gasteiger partial charge on any atom is -0.462 e. The van der Waals surface area contributed by atoms with Gasteiger partial charge in [-0.2, -0.15) is 0 Å². The molecule has 0 radical (unpaired) electrons. The van der Waals surface area contributed by atoms with Crippen molar-refractivity contribution < 1.29 is 19.1 Å². The normalized spacial score (nSPS) is 10.5. The molecule has 0 aliphatic heterocycles. The maximum atomic E-state index is 12.5. The van der Waals surface area contributed by atoms with Gasteiger partial charge in [0.25, 0.3) is 0 Å². The predicted molar refractivity (Wildman–Crippen MR) is 107 cm³/mol. The molecule has 2 rings (SSSR count). The Labute approximate surface area is 165 Å². The summed E-state index contributed by atoms with van der Waals surface area (Å²) < 4.78 is 10.7. The lowest BCUT2D eigenvalue weighted by atomic mass is 10.1. The van der Waals surface area contributed by atoms with Gasteiger partial charge in [0.15, 0.2) is 0 Å². The number of carbonyl (C=O) groups is 2. The highest BCUT2D eigenvalue weighted by atomic mass is 35.5. The average molecular weight is 389 g/mol. The van der Waals surface area contributed by atoms with Gasteiger partial charge in [0.2, 0.25) is 0 Å². The number of halogens is 1. The number of hydrogen-bond donors (Lipinski definition) is 0. The highest BCUT2D eigenvalue weighted by molar-refractivity contribution is 6.31. The monoisotopic (exact) mass is 388 g/mol. The van der Waals surface area contributed by atoms with E-state index in [4.69, 9.17) is 21.1 Å². The molecule has 0 heterocycles. The van der Waals surface area contributed by atoms with Crippen LogP contribution in [0.15, 0.2) is 42.5 Å². The fraction of sp³-hybridized carbons (Fsp3) is 0.364. The van der Waals surface area contributed by atoms with E-state index in [1.807, 2.05) is 6.92 Å². The number of esters is 2. The van der Waals surface area contributed by atoms with Crippen LogP contribution in [-0.2, 0) is 4.74 Å². The van der Waals surface area contributed by atoms with Crippen LogP contribution in [0, 0.1) is 6.92 Å². The number of ether oxygens (including phenoxy) is 2. The lowest BCUT2D eigenvalue weighted by molar-refractivity contribution is 0.0489. The number of benzene rings is 2. The molecule has 0 aromatic heterocycles. The van der Waals surface area contributed by atoms with Crippen LogP contribution in [0.4, 0.5) is 0 Å². The summed E-state index contributed by atoms with van der Waals surface area (Å²) in [4.78, 5) is 24.9. The van der Waals surface area contributed by atoms with Crippen LogP contribution in [0.1, 0.15) is 65.3 Å². The molecule has 0 unspecified atom stereocenters. The summed E-state index contributed by atoms with van der Waals surface area (Å²) in [6.07, 6.45) is 5.34. The highest BCUT2D eigenvalue weighted by Gasteiger charge is 2.19. The van der Waals surface area contributed by atoms with Crippen molar-refractivity contribution in [1.82, 2.24) is 0 Å². The van der Waals surface area contributed by atoms with Gasteiger partial charge in [-0.25, -0.2) is 9.59 Å². The number of unbranched alkanes of at least 4 members (excludes halogenated alkanes) is 4. The van der Waals surface area contributed by atoms with Crippen LogP contribution in [0.3, 0.4) is 0 Å². The van der Waals surface area contributed by atoms with E-state index in [1.165, 1.54) is 12.8 Å². The van der Waals surface area contributed by atoms with Gasteiger partial charge in [0, 0.05) is 5.02 Å². The van der Waals surface area contributed by atoms with Gasteiger partial charge in [-0.05, 0) is 49.2 Å². The minimum atomic E-state index is -0.604. The average Bonchev–Trinajstić information content (AvgIpc) is 2.67. The number of hydrogen-bond acceptors (Lipinski definition) is 4. The summed E-state index contributed by atoms with van der Waals surface area (Å²) in [5, 5.41) is 0.595. The molecule has 0 aliphatic carbocycles. The van der Waals surface area contributed by atoms with Crippen molar-refractivity contribution in [2.45, 2.75) is 46.0 Å². The van der Waals surface area contributed by atoms with Gasteiger partial charge in [0.1, 0.15) is 5.75 Å². The topological polar surface area (TPSA) is 52.6 Å². The largest absolute Gasteiger partial charge is 0.462 e. The Morgan fingerprint density at radius 2 is 1.59 bits per heavy atom. The van der Waals surface area contributed by atoms with Gasteiger partial charge in [-0.15, -0.1) is 0 Å². The van der Waals surface area contributed by atoms with Crippen molar-refractivity contribution >= 4 is 23.5 Å². The van der Waals surface area contributed by atoms with E-state index in [2.05, 4.69) is 6.92 Å². The van der Waals surface area contributed by atoms with Crippen molar-refractivity contribution in [3.8, 4) is 5.75 Å². The lowest BCUT2D eigenvalue weighted by Crippen LogP contribution is -2.16. The second kappa shape index (κ2) is 10.7. The molecule has 0 fully saturated rings. The predicted octanol–water partition coefficient (Wildman–Crippen LogP) is 5.99. The van der Waals surface area contributed by atoms with Crippen molar-refractivity contribution in [3.63, 3.8) is 0 Å². The molecule has 0 amide bonds. The van der Waals surface area contributed by atoms with E-state index in [0.29, 0.717) is 17.4 Å². The van der Waals surface area contributed by atoms with Crippen LogP contribution in [0.2, 0.25) is 5.02 Å². The molecule has 0 N–H and O–H groups in total. The number of carbonyl (C=O) groups excluding carboxylic acids is 2. The Kier molecular flexibility index (Phi) is 8.34. The van der Waals surface area contributed by atoms with Crippen molar-refractivity contribution in [1.29, 1.82) is 0 Å². The molecule has 0 spiro atoms. The van der Waals surface area contributed by atoms with Crippen molar-refractivity contribution in [2.75, 3.05) is 6.61 Å². The Morgan fingerprint density at radius 3 is 2.26 bits per heavy atom. The Hall–Kier alpha value is -2.33. The zero-order valence-electron chi connectivity index (χ0n) is 15.8. The van der Waals surface area contributed by atoms with Crippen molar-refractivity contribution in [3.05, 3.63) is 64.2 Å². The first-order chi connectivity index (χ1) is 13.0. The van der Waals surface area contributed by atoms with Crippen LogP contribution >= 0.6 is 11.6 Å². The van der Waals surface area contributed by atoms with Gasteiger partial charge in [0.05, 0.1) is 17.7 Å². The molecule has 2 aromatic rings. The minimum absolute atomic E-state index is 0.182. The fourth-order valence-corrected chi connectivity index (χ4v) is 2.75. The second-order valence-electron chi connectivity index (χ2n) is 6.40. The molecular formula is C22H25ClO4. The standard InChI is InChI=1S/C22H25ClO4/c1-3-4-5-6-9-14-26-21(24)18-10-7-8-11-19(18)22(25)27-17-12-13-20(23)16(2)15-17/h7-8,10-13,15H,3-6,9,14H2,1-2H3. The molecule has 0 atom stereocenters. The van der Waals surface area contributed by atoms with E-state index < -0.39 is 11.9 Å². The zero-order chi connectivity index (χ0) is 19.6. The maximum absolute atomic E-state index is 12.5. The van der Waals surface area contributed by atoms with Crippen LogP contribution in [-0.4, -0.2) is 18.5 Å². The van der Waals surface area contributed by atoms with Crippen LogP contribution < -0.4 is 4.74 Å². The number of aryl methyl sites for hydroxylation is 1. The molecule has 0 aliphatic rings. The maximum Gasteiger partial charge on any atom is 0.344 e. The highest BCUT2D eigenvalue weighted by Crippen LogP contribution is 2.22. The molecule has 0 saturated carbocycles. The molecule has 5 heteroatoms. The second-order valence-corrected chi connectivity index (χ2v) is 6.80. The Bertz CT molecular complexity index is 786. The smallest absolute Gasteiger partial charge is 0.344 e. The quantitative estimate of drug-likeness (QED) is 0.300. The van der Waals surface area contributed by atoms with Gasteiger partial charge < -0.3 is 9.47 Å². The first kappa shape index (κ1) is 21.0. The first-order valence-electron chi connectivity index (χ1n) is 9.27. The summed E-state index contributed by atoms with van der Waals surface area (Å²) in [5.74, 6) is -0.737. The molecule has 2 aromatic carbocycles. The molecule has 144 valence electrons. The van der Waals surface area contributed by atoms with E-state index in [0.717, 1.165) is 24.8 Å². The molecule has 27 heavy (non-hydrogen) atoms. The zero-order valence-corrected chi connectivity index (χ0v) is 16.6. The molecule has 0 bridgehead atoms. The van der Waals surface area contributed by atoms with Crippen LogP contribution in [0.25, 0.3) is 0 Å². The first-order valence-corrected chi connectivity index (χ1v) is 9.65. The Balaban J connectivity index is 2.00. The van der Waals surface area contributed by atoms with Gasteiger partial charge in [-0.3, -0.25) is 0 Å². The Morgan fingerprint density at radius 1 is 0.926 bits per heavy atom.